The predicted molar refractivity (Wildman–Crippen MR) is 71.1 cm³/mol. The van der Waals surface area contributed by atoms with Crippen LogP contribution in [-0.4, -0.2) is 17.6 Å². The average molecular weight is 242 g/mol. The number of nitriles is 1. The third-order valence-corrected chi connectivity index (χ3v) is 4.32. The van der Waals surface area contributed by atoms with Gasteiger partial charge in [-0.15, -0.1) is 0 Å². The molecule has 0 radical (unpaired) electrons. The number of rotatable bonds is 1. The monoisotopic (exact) mass is 242 g/mol. The summed E-state index contributed by atoms with van der Waals surface area (Å²) in [4.78, 5) is 6.78. The van der Waals surface area contributed by atoms with E-state index in [0.717, 1.165) is 18.3 Å². The molecule has 2 atom stereocenters. The van der Waals surface area contributed by atoms with Crippen molar-refractivity contribution >= 4 is 11.5 Å². The molecule has 1 saturated heterocycles. The molecule has 4 nitrogen and oxygen atoms in total. The van der Waals surface area contributed by atoms with E-state index >= 15 is 0 Å². The fourth-order valence-corrected chi connectivity index (χ4v) is 3.40. The van der Waals surface area contributed by atoms with E-state index in [1.807, 2.05) is 6.07 Å². The number of anilines is 2. The molecule has 0 amide bonds. The Kier molecular flexibility index (Phi) is 2.83. The molecule has 1 saturated carbocycles. The van der Waals surface area contributed by atoms with Crippen LogP contribution in [-0.2, 0) is 0 Å². The van der Waals surface area contributed by atoms with Gasteiger partial charge in [0.2, 0.25) is 0 Å². The van der Waals surface area contributed by atoms with Crippen LogP contribution in [0.1, 0.15) is 37.8 Å². The van der Waals surface area contributed by atoms with Crippen molar-refractivity contribution in [2.45, 2.75) is 38.1 Å². The summed E-state index contributed by atoms with van der Waals surface area (Å²) >= 11 is 0. The van der Waals surface area contributed by atoms with Gasteiger partial charge in [-0.25, -0.2) is 4.98 Å². The highest BCUT2D eigenvalue weighted by atomic mass is 15.2. The highest BCUT2D eigenvalue weighted by Gasteiger charge is 2.36. The van der Waals surface area contributed by atoms with Crippen molar-refractivity contribution in [3.8, 4) is 6.07 Å². The molecule has 2 fully saturated rings. The van der Waals surface area contributed by atoms with Gasteiger partial charge >= 0.3 is 0 Å². The number of hydrogen-bond donors (Lipinski definition) is 1. The van der Waals surface area contributed by atoms with Crippen molar-refractivity contribution in [3.63, 3.8) is 0 Å². The number of hydrogen-bond acceptors (Lipinski definition) is 4. The molecule has 3 rings (SSSR count). The molecule has 0 spiro atoms. The quantitative estimate of drug-likeness (QED) is 0.820. The first kappa shape index (κ1) is 11.3. The Morgan fingerprint density at radius 3 is 2.94 bits per heavy atom. The summed E-state index contributed by atoms with van der Waals surface area (Å²) in [5.74, 6) is 1.75. The zero-order chi connectivity index (χ0) is 12.5. The van der Waals surface area contributed by atoms with Crippen molar-refractivity contribution in [1.29, 1.82) is 5.26 Å². The maximum atomic E-state index is 9.01. The fourth-order valence-electron chi connectivity index (χ4n) is 3.40. The van der Waals surface area contributed by atoms with E-state index in [0.29, 0.717) is 17.4 Å². The second-order valence-electron chi connectivity index (χ2n) is 5.31. The molecule has 1 aliphatic carbocycles. The third-order valence-electron chi connectivity index (χ3n) is 4.32. The topological polar surface area (TPSA) is 65.9 Å². The zero-order valence-electron chi connectivity index (χ0n) is 10.5. The fraction of sp³-hybridized carbons (Fsp3) is 0.571. The van der Waals surface area contributed by atoms with Crippen LogP contribution in [0.15, 0.2) is 12.1 Å². The molecule has 2 aliphatic rings. The molecule has 4 heteroatoms. The Bertz CT molecular complexity index is 491. The number of nitrogen functional groups attached to an aromatic ring is 1. The van der Waals surface area contributed by atoms with Gasteiger partial charge in [-0.1, -0.05) is 12.8 Å². The minimum absolute atomic E-state index is 0.353. The molecular formula is C14H18N4. The minimum atomic E-state index is 0.353. The first-order valence-electron chi connectivity index (χ1n) is 6.73. The maximum Gasteiger partial charge on any atom is 0.165 e. The number of nitrogens with two attached hydrogens (primary N) is 1. The molecule has 1 aliphatic heterocycles. The molecule has 2 heterocycles. The SMILES string of the molecule is N#Cc1nc(N2CCC3CCCCC32)ccc1N. The average Bonchev–Trinajstić information content (AvgIpc) is 2.83. The van der Waals surface area contributed by atoms with Crippen LogP contribution < -0.4 is 10.6 Å². The Balaban J connectivity index is 1.89. The van der Waals surface area contributed by atoms with E-state index in [4.69, 9.17) is 11.0 Å². The maximum absolute atomic E-state index is 9.01. The predicted octanol–water partition coefficient (Wildman–Crippen LogP) is 2.30. The van der Waals surface area contributed by atoms with Gasteiger partial charge in [-0.05, 0) is 37.3 Å². The van der Waals surface area contributed by atoms with Crippen LogP contribution in [0.5, 0.6) is 0 Å². The van der Waals surface area contributed by atoms with E-state index < -0.39 is 0 Å². The smallest absolute Gasteiger partial charge is 0.165 e. The molecule has 0 bridgehead atoms. The first-order valence-corrected chi connectivity index (χ1v) is 6.73. The largest absolute Gasteiger partial charge is 0.396 e. The van der Waals surface area contributed by atoms with Gasteiger partial charge in [-0.3, -0.25) is 0 Å². The van der Waals surface area contributed by atoms with E-state index in [1.54, 1.807) is 6.07 Å². The molecule has 2 N–H and O–H groups in total. The Morgan fingerprint density at radius 2 is 2.11 bits per heavy atom. The lowest BCUT2D eigenvalue weighted by Crippen LogP contribution is -2.35. The van der Waals surface area contributed by atoms with Crippen LogP contribution in [0, 0.1) is 17.2 Å². The number of aromatic nitrogens is 1. The molecule has 18 heavy (non-hydrogen) atoms. The molecule has 1 aromatic rings. The zero-order valence-corrected chi connectivity index (χ0v) is 10.5. The summed E-state index contributed by atoms with van der Waals surface area (Å²) in [6.45, 7) is 1.07. The lowest BCUT2D eigenvalue weighted by atomic mass is 9.85. The van der Waals surface area contributed by atoms with E-state index in [-0.39, 0.29) is 0 Å². The summed E-state index contributed by atoms with van der Waals surface area (Å²) in [5, 5.41) is 9.01. The minimum Gasteiger partial charge on any atom is -0.396 e. The number of fused-ring (bicyclic) bond motifs is 1. The van der Waals surface area contributed by atoms with Gasteiger partial charge < -0.3 is 10.6 Å². The van der Waals surface area contributed by atoms with Crippen LogP contribution >= 0.6 is 0 Å². The van der Waals surface area contributed by atoms with Gasteiger partial charge in [-0.2, -0.15) is 5.26 Å². The highest BCUT2D eigenvalue weighted by molar-refractivity contribution is 5.56. The summed E-state index contributed by atoms with van der Waals surface area (Å²) < 4.78 is 0. The van der Waals surface area contributed by atoms with E-state index in [1.165, 1.54) is 32.1 Å². The van der Waals surface area contributed by atoms with Crippen molar-refractivity contribution in [2.75, 3.05) is 17.2 Å². The first-order chi connectivity index (χ1) is 8.79. The van der Waals surface area contributed by atoms with Crippen molar-refractivity contribution in [1.82, 2.24) is 4.98 Å². The van der Waals surface area contributed by atoms with Crippen LogP contribution in [0.2, 0.25) is 0 Å². The van der Waals surface area contributed by atoms with E-state index in [9.17, 15) is 0 Å². The Hall–Kier alpha value is -1.76. The normalized spacial score (nSPS) is 26.7. The second-order valence-corrected chi connectivity index (χ2v) is 5.31. The Morgan fingerprint density at radius 1 is 1.28 bits per heavy atom. The van der Waals surface area contributed by atoms with E-state index in [2.05, 4.69) is 16.0 Å². The van der Waals surface area contributed by atoms with Crippen LogP contribution in [0.25, 0.3) is 0 Å². The van der Waals surface area contributed by atoms with Gasteiger partial charge in [0.25, 0.3) is 0 Å². The number of nitrogens with zero attached hydrogens (tertiary/aromatic N) is 3. The summed E-state index contributed by atoms with van der Waals surface area (Å²) in [6.07, 6.45) is 6.56. The lowest BCUT2D eigenvalue weighted by molar-refractivity contribution is 0.341. The lowest BCUT2D eigenvalue weighted by Gasteiger charge is -2.32. The van der Waals surface area contributed by atoms with Crippen LogP contribution in [0.4, 0.5) is 11.5 Å². The molecule has 0 aromatic carbocycles. The van der Waals surface area contributed by atoms with Crippen molar-refractivity contribution < 1.29 is 0 Å². The molecular weight excluding hydrogens is 224 g/mol. The summed E-state index contributed by atoms with van der Waals surface area (Å²) in [7, 11) is 0. The Labute approximate surface area is 107 Å². The second kappa shape index (κ2) is 4.49. The highest BCUT2D eigenvalue weighted by Crippen LogP contribution is 2.38. The van der Waals surface area contributed by atoms with Crippen molar-refractivity contribution in [2.24, 2.45) is 5.92 Å². The van der Waals surface area contributed by atoms with Gasteiger partial charge in [0, 0.05) is 12.6 Å². The molecule has 1 aromatic heterocycles. The van der Waals surface area contributed by atoms with Gasteiger partial charge in [0.1, 0.15) is 11.9 Å². The van der Waals surface area contributed by atoms with Gasteiger partial charge in [0.15, 0.2) is 5.69 Å². The summed E-state index contributed by atoms with van der Waals surface area (Å²) in [5.41, 5.74) is 6.55. The third kappa shape index (κ3) is 1.80. The molecule has 94 valence electrons. The van der Waals surface area contributed by atoms with Gasteiger partial charge in [0.05, 0.1) is 5.69 Å². The summed E-state index contributed by atoms with van der Waals surface area (Å²) in [6, 6.07) is 6.45. The number of pyridine rings is 1. The molecule has 2 unspecified atom stereocenters. The van der Waals surface area contributed by atoms with Crippen LogP contribution in [0.3, 0.4) is 0 Å². The van der Waals surface area contributed by atoms with Crippen molar-refractivity contribution in [3.05, 3.63) is 17.8 Å². The standard InChI is InChI=1S/C14H18N4/c15-9-12-11(16)5-6-14(17-12)18-8-7-10-3-1-2-4-13(10)18/h5-6,10,13H,1-4,7-8,16H2.